The normalized spacial score (nSPS) is 33.4. The molecule has 8 heteroatoms. The number of carbonyl (C=O) groups is 3. The van der Waals surface area contributed by atoms with Crippen molar-refractivity contribution in [3.05, 3.63) is 12.2 Å². The fourth-order valence-corrected chi connectivity index (χ4v) is 3.07. The largest absolute Gasteiger partial charge is 0.461 e. The van der Waals surface area contributed by atoms with Gasteiger partial charge in [0.05, 0.1) is 18.6 Å². The van der Waals surface area contributed by atoms with Gasteiger partial charge in [0, 0.05) is 5.57 Å². The number of carbonyl (C=O) groups excluding carboxylic acids is 3. The van der Waals surface area contributed by atoms with Crippen LogP contribution < -0.4 is 0 Å². The summed E-state index contributed by atoms with van der Waals surface area (Å²) < 4.78 is 26.1. The summed E-state index contributed by atoms with van der Waals surface area (Å²) in [6.45, 7) is 4.58. The summed E-state index contributed by atoms with van der Waals surface area (Å²) in [6.07, 6.45) is -0.419. The lowest BCUT2D eigenvalue weighted by molar-refractivity contribution is -0.159. The van der Waals surface area contributed by atoms with Crippen LogP contribution in [0.4, 0.5) is 0 Å². The molecule has 0 spiro atoms. The molecule has 126 valence electrons. The minimum Gasteiger partial charge on any atom is -0.461 e. The Kier molecular flexibility index (Phi) is 4.36. The van der Waals surface area contributed by atoms with Gasteiger partial charge in [-0.05, 0) is 13.3 Å². The van der Waals surface area contributed by atoms with Crippen LogP contribution in [0.1, 0.15) is 13.3 Å². The van der Waals surface area contributed by atoms with Gasteiger partial charge in [0.1, 0.15) is 18.8 Å². The fraction of sp³-hybridized carbons (Fsp3) is 0.667. The van der Waals surface area contributed by atoms with Crippen LogP contribution in [-0.4, -0.2) is 62.1 Å². The second-order valence-corrected chi connectivity index (χ2v) is 5.80. The minimum atomic E-state index is -0.667. The maximum atomic E-state index is 11.6. The number of fused-ring (bicyclic) bond motifs is 1. The molecule has 0 saturated carbocycles. The summed E-state index contributed by atoms with van der Waals surface area (Å²) in [7, 11) is 0. The Labute approximate surface area is 132 Å². The molecule has 3 heterocycles. The molecule has 8 nitrogen and oxygen atoms in total. The smallest absolute Gasteiger partial charge is 0.344 e. The first-order chi connectivity index (χ1) is 11.0. The Morgan fingerprint density at radius 2 is 2.04 bits per heavy atom. The highest BCUT2D eigenvalue weighted by atomic mass is 16.7. The highest BCUT2D eigenvalue weighted by Crippen LogP contribution is 2.47. The molecule has 3 rings (SSSR count). The van der Waals surface area contributed by atoms with Crippen molar-refractivity contribution in [3.8, 4) is 0 Å². The molecule has 0 aromatic heterocycles. The number of esters is 3. The van der Waals surface area contributed by atoms with Gasteiger partial charge in [-0.15, -0.1) is 0 Å². The van der Waals surface area contributed by atoms with Crippen LogP contribution in [0.2, 0.25) is 0 Å². The number of rotatable bonds is 7. The second kappa shape index (κ2) is 6.29. The van der Waals surface area contributed by atoms with Crippen molar-refractivity contribution in [2.45, 2.75) is 37.8 Å². The highest BCUT2D eigenvalue weighted by Gasteiger charge is 2.64. The fourth-order valence-electron chi connectivity index (χ4n) is 3.07. The summed E-state index contributed by atoms with van der Waals surface area (Å²) >= 11 is 0. The van der Waals surface area contributed by atoms with Gasteiger partial charge < -0.3 is 23.7 Å². The number of ether oxygens (including phenoxy) is 5. The van der Waals surface area contributed by atoms with Gasteiger partial charge in [0.15, 0.2) is 12.7 Å². The molecular weight excluding hydrogens is 308 g/mol. The first kappa shape index (κ1) is 15.9. The zero-order chi connectivity index (χ0) is 16.6. The predicted octanol–water partition coefficient (Wildman–Crippen LogP) is -0.253. The summed E-state index contributed by atoms with van der Waals surface area (Å²) in [5.41, 5.74) is 0.210. The van der Waals surface area contributed by atoms with Crippen molar-refractivity contribution in [3.63, 3.8) is 0 Å². The minimum absolute atomic E-state index is 0.0153. The second-order valence-electron chi connectivity index (χ2n) is 5.80. The Bertz CT molecular complexity index is 542. The molecule has 3 aliphatic heterocycles. The average Bonchev–Trinajstić information content (AvgIpc) is 3.12. The Balaban J connectivity index is 1.33. The van der Waals surface area contributed by atoms with Crippen LogP contribution in [-0.2, 0) is 38.1 Å². The van der Waals surface area contributed by atoms with Gasteiger partial charge in [-0.2, -0.15) is 0 Å². The SMILES string of the molecule is C=C(C)C(=O)OCC(=O)OCCOC1C2CC3C(=O)OC1C3O2. The average molecular weight is 326 g/mol. The van der Waals surface area contributed by atoms with E-state index in [4.69, 9.17) is 18.9 Å². The lowest BCUT2D eigenvalue weighted by Crippen LogP contribution is -2.39. The number of hydrogen-bond donors (Lipinski definition) is 0. The van der Waals surface area contributed by atoms with E-state index in [9.17, 15) is 14.4 Å². The van der Waals surface area contributed by atoms with Crippen molar-refractivity contribution in [1.29, 1.82) is 0 Å². The monoisotopic (exact) mass is 326 g/mol. The van der Waals surface area contributed by atoms with Gasteiger partial charge in [-0.1, -0.05) is 6.58 Å². The van der Waals surface area contributed by atoms with Crippen molar-refractivity contribution in [2.24, 2.45) is 5.92 Å². The molecule has 2 bridgehead atoms. The Morgan fingerprint density at radius 3 is 2.78 bits per heavy atom. The molecule has 3 aliphatic rings. The zero-order valence-electron chi connectivity index (χ0n) is 12.7. The molecule has 5 atom stereocenters. The maximum Gasteiger partial charge on any atom is 0.344 e. The van der Waals surface area contributed by atoms with Crippen molar-refractivity contribution in [2.75, 3.05) is 19.8 Å². The van der Waals surface area contributed by atoms with E-state index >= 15 is 0 Å². The molecule has 0 aromatic rings. The van der Waals surface area contributed by atoms with Crippen molar-refractivity contribution in [1.82, 2.24) is 0 Å². The van der Waals surface area contributed by atoms with Crippen LogP contribution in [0.3, 0.4) is 0 Å². The van der Waals surface area contributed by atoms with Crippen molar-refractivity contribution < 1.29 is 38.1 Å². The molecule has 0 N–H and O–H groups in total. The van der Waals surface area contributed by atoms with Gasteiger partial charge in [0.2, 0.25) is 0 Å². The third-order valence-electron chi connectivity index (χ3n) is 4.11. The maximum absolute atomic E-state index is 11.6. The van der Waals surface area contributed by atoms with Crippen LogP contribution in [0.15, 0.2) is 12.2 Å². The molecule has 0 aromatic carbocycles. The lowest BCUT2D eigenvalue weighted by Gasteiger charge is -2.22. The molecule has 3 fully saturated rings. The molecule has 0 aliphatic carbocycles. The van der Waals surface area contributed by atoms with Gasteiger partial charge in [-0.3, -0.25) is 4.79 Å². The van der Waals surface area contributed by atoms with Gasteiger partial charge in [-0.25, -0.2) is 9.59 Å². The summed E-state index contributed by atoms with van der Waals surface area (Å²) in [6, 6.07) is 0. The van der Waals surface area contributed by atoms with E-state index in [0.717, 1.165) is 0 Å². The summed E-state index contributed by atoms with van der Waals surface area (Å²) in [5.74, 6) is -1.69. The predicted molar refractivity (Wildman–Crippen MR) is 73.1 cm³/mol. The van der Waals surface area contributed by atoms with E-state index in [2.05, 4.69) is 11.3 Å². The third-order valence-corrected chi connectivity index (χ3v) is 4.11. The molecule has 0 radical (unpaired) electrons. The molecule has 3 saturated heterocycles. The van der Waals surface area contributed by atoms with Crippen LogP contribution in [0, 0.1) is 5.92 Å². The van der Waals surface area contributed by atoms with E-state index < -0.39 is 18.5 Å². The number of hydrogen-bond acceptors (Lipinski definition) is 8. The van der Waals surface area contributed by atoms with E-state index in [1.807, 2.05) is 0 Å². The lowest BCUT2D eigenvalue weighted by atomic mass is 9.88. The van der Waals surface area contributed by atoms with Crippen LogP contribution in [0.25, 0.3) is 0 Å². The zero-order valence-corrected chi connectivity index (χ0v) is 12.7. The summed E-state index contributed by atoms with van der Waals surface area (Å²) in [5, 5.41) is 0. The molecule has 0 amide bonds. The molecule has 5 unspecified atom stereocenters. The topological polar surface area (TPSA) is 97.4 Å². The standard InChI is InChI=1S/C15H18O8/c1-7(2)14(17)21-6-10(16)19-3-4-20-12-9-5-8-11(22-9)13(12)23-15(8)18/h8-9,11-13H,1,3-6H2,2H3. The van der Waals surface area contributed by atoms with Crippen molar-refractivity contribution >= 4 is 17.9 Å². The van der Waals surface area contributed by atoms with E-state index in [1.165, 1.54) is 6.92 Å². The Morgan fingerprint density at radius 1 is 1.26 bits per heavy atom. The summed E-state index contributed by atoms with van der Waals surface area (Å²) in [4.78, 5) is 34.1. The van der Waals surface area contributed by atoms with Gasteiger partial charge in [0.25, 0.3) is 0 Å². The van der Waals surface area contributed by atoms with Crippen LogP contribution >= 0.6 is 0 Å². The first-order valence-corrected chi connectivity index (χ1v) is 7.43. The van der Waals surface area contributed by atoms with Crippen LogP contribution in [0.5, 0.6) is 0 Å². The first-order valence-electron chi connectivity index (χ1n) is 7.43. The van der Waals surface area contributed by atoms with E-state index in [1.54, 1.807) is 0 Å². The van der Waals surface area contributed by atoms with E-state index in [-0.39, 0.29) is 55.1 Å². The quantitative estimate of drug-likeness (QED) is 0.273. The highest BCUT2D eigenvalue weighted by molar-refractivity contribution is 5.88. The van der Waals surface area contributed by atoms with E-state index in [0.29, 0.717) is 6.42 Å². The third kappa shape index (κ3) is 3.09. The Hall–Kier alpha value is -1.93. The molecular formula is C15H18O8. The van der Waals surface area contributed by atoms with Gasteiger partial charge >= 0.3 is 17.9 Å². The molecule has 23 heavy (non-hydrogen) atoms.